The van der Waals surface area contributed by atoms with Crippen molar-refractivity contribution in [1.29, 1.82) is 0 Å². The first kappa shape index (κ1) is 12.4. The maximum absolute atomic E-state index is 11.7. The second-order valence-corrected chi connectivity index (χ2v) is 3.29. The fraction of sp³-hybridized carbons (Fsp3) is 0.333. The number of hydrogen-bond acceptors (Lipinski definition) is 4. The molecule has 0 radical (unpaired) electrons. The summed E-state index contributed by atoms with van der Waals surface area (Å²) in [5.41, 5.74) is 1.33. The number of esters is 1. The smallest absolute Gasteiger partial charge is 0.303 e. The van der Waals surface area contributed by atoms with Crippen molar-refractivity contribution in [3.63, 3.8) is 0 Å². The topological polar surface area (TPSA) is 52.6 Å². The van der Waals surface area contributed by atoms with Crippen molar-refractivity contribution in [1.82, 2.24) is 0 Å². The highest BCUT2D eigenvalue weighted by molar-refractivity contribution is 5.99. The van der Waals surface area contributed by atoms with Crippen LogP contribution in [0, 0.1) is 0 Å². The highest BCUT2D eigenvalue weighted by Gasteiger charge is 2.11. The molecule has 0 aromatic heterocycles. The lowest BCUT2D eigenvalue weighted by Crippen LogP contribution is -2.14. The SMILES string of the molecule is COCc1ccccc1C(=O)COC(C)=O. The van der Waals surface area contributed by atoms with Gasteiger partial charge in [-0.05, 0) is 5.56 Å². The molecule has 1 aromatic carbocycles. The highest BCUT2D eigenvalue weighted by Crippen LogP contribution is 2.10. The Morgan fingerprint density at radius 1 is 1.25 bits per heavy atom. The van der Waals surface area contributed by atoms with Gasteiger partial charge >= 0.3 is 5.97 Å². The average molecular weight is 222 g/mol. The quantitative estimate of drug-likeness (QED) is 0.560. The molecule has 0 N–H and O–H groups in total. The number of benzene rings is 1. The number of rotatable bonds is 5. The van der Waals surface area contributed by atoms with Crippen LogP contribution in [0.2, 0.25) is 0 Å². The highest BCUT2D eigenvalue weighted by atomic mass is 16.5. The molecule has 16 heavy (non-hydrogen) atoms. The number of ketones is 1. The fourth-order valence-corrected chi connectivity index (χ4v) is 1.32. The zero-order chi connectivity index (χ0) is 12.0. The summed E-state index contributed by atoms with van der Waals surface area (Å²) in [5.74, 6) is -0.680. The minimum absolute atomic E-state index is 0.220. The van der Waals surface area contributed by atoms with E-state index in [1.807, 2.05) is 12.1 Å². The van der Waals surface area contributed by atoms with Gasteiger partial charge in [0.15, 0.2) is 6.61 Å². The van der Waals surface area contributed by atoms with Crippen molar-refractivity contribution in [3.05, 3.63) is 35.4 Å². The van der Waals surface area contributed by atoms with Gasteiger partial charge < -0.3 is 9.47 Å². The summed E-state index contributed by atoms with van der Waals surface area (Å²) in [7, 11) is 1.56. The van der Waals surface area contributed by atoms with Crippen molar-refractivity contribution >= 4 is 11.8 Å². The first-order valence-corrected chi connectivity index (χ1v) is 4.88. The molecule has 0 amide bonds. The molecule has 86 valence electrons. The maximum atomic E-state index is 11.7. The summed E-state index contributed by atoms with van der Waals surface area (Å²) in [6.07, 6.45) is 0. The Labute approximate surface area is 94.2 Å². The molecule has 0 heterocycles. The van der Waals surface area contributed by atoms with Crippen molar-refractivity contribution in [3.8, 4) is 0 Å². The molecule has 1 aromatic rings. The second-order valence-electron chi connectivity index (χ2n) is 3.29. The average Bonchev–Trinajstić information content (AvgIpc) is 2.27. The molecule has 0 saturated carbocycles. The minimum atomic E-state index is -0.461. The van der Waals surface area contributed by atoms with Gasteiger partial charge in [0.05, 0.1) is 6.61 Å². The molecule has 0 aliphatic rings. The Balaban J connectivity index is 2.77. The summed E-state index contributed by atoms with van der Waals surface area (Å²) in [5, 5.41) is 0. The van der Waals surface area contributed by atoms with Crippen LogP contribution < -0.4 is 0 Å². The van der Waals surface area contributed by atoms with E-state index in [0.29, 0.717) is 12.2 Å². The largest absolute Gasteiger partial charge is 0.457 e. The zero-order valence-corrected chi connectivity index (χ0v) is 9.36. The molecule has 1 rings (SSSR count). The van der Waals surface area contributed by atoms with E-state index in [1.165, 1.54) is 6.92 Å². The van der Waals surface area contributed by atoms with E-state index in [1.54, 1.807) is 19.2 Å². The van der Waals surface area contributed by atoms with Crippen molar-refractivity contribution in [2.24, 2.45) is 0 Å². The van der Waals surface area contributed by atoms with E-state index in [4.69, 9.17) is 4.74 Å². The van der Waals surface area contributed by atoms with Crippen LogP contribution in [0.15, 0.2) is 24.3 Å². The molecule has 0 saturated heterocycles. The number of carbonyl (C=O) groups excluding carboxylic acids is 2. The molecule has 4 nitrogen and oxygen atoms in total. The van der Waals surface area contributed by atoms with E-state index in [0.717, 1.165) is 5.56 Å². The van der Waals surface area contributed by atoms with E-state index < -0.39 is 5.97 Å². The Bertz CT molecular complexity index is 384. The fourth-order valence-electron chi connectivity index (χ4n) is 1.32. The summed E-state index contributed by atoms with van der Waals surface area (Å²) in [4.78, 5) is 22.3. The monoisotopic (exact) mass is 222 g/mol. The van der Waals surface area contributed by atoms with Gasteiger partial charge in [0.1, 0.15) is 0 Å². The Kier molecular flexibility index (Phi) is 4.66. The predicted molar refractivity (Wildman–Crippen MR) is 58.1 cm³/mol. The van der Waals surface area contributed by atoms with Gasteiger partial charge in [0.2, 0.25) is 5.78 Å². The Morgan fingerprint density at radius 2 is 1.94 bits per heavy atom. The number of Topliss-reactive ketones (excluding diaryl/α,β-unsaturated/α-hetero) is 1. The van der Waals surface area contributed by atoms with Crippen LogP contribution in [0.25, 0.3) is 0 Å². The molecular formula is C12H14O4. The molecule has 4 heteroatoms. The van der Waals surface area contributed by atoms with E-state index in [-0.39, 0.29) is 12.4 Å². The van der Waals surface area contributed by atoms with Crippen LogP contribution in [0.3, 0.4) is 0 Å². The lowest BCUT2D eigenvalue weighted by molar-refractivity contribution is -0.139. The molecule has 0 unspecified atom stereocenters. The van der Waals surface area contributed by atoms with Gasteiger partial charge in [-0.1, -0.05) is 24.3 Å². The third-order valence-corrected chi connectivity index (χ3v) is 2.02. The molecular weight excluding hydrogens is 208 g/mol. The van der Waals surface area contributed by atoms with Gasteiger partial charge in [0, 0.05) is 19.6 Å². The summed E-state index contributed by atoms with van der Waals surface area (Å²) in [6.45, 7) is 1.41. The van der Waals surface area contributed by atoms with Crippen molar-refractivity contribution in [2.45, 2.75) is 13.5 Å². The van der Waals surface area contributed by atoms with Crippen LogP contribution in [-0.2, 0) is 20.9 Å². The van der Waals surface area contributed by atoms with Crippen LogP contribution in [0.1, 0.15) is 22.8 Å². The van der Waals surface area contributed by atoms with E-state index in [2.05, 4.69) is 4.74 Å². The van der Waals surface area contributed by atoms with Gasteiger partial charge in [-0.2, -0.15) is 0 Å². The van der Waals surface area contributed by atoms with Crippen LogP contribution in [0.4, 0.5) is 0 Å². The first-order valence-electron chi connectivity index (χ1n) is 4.88. The number of ether oxygens (including phenoxy) is 2. The van der Waals surface area contributed by atoms with Crippen LogP contribution in [-0.4, -0.2) is 25.5 Å². The zero-order valence-electron chi connectivity index (χ0n) is 9.36. The molecule has 0 aliphatic heterocycles. The molecule has 0 spiro atoms. The molecule has 0 bridgehead atoms. The van der Waals surface area contributed by atoms with Crippen LogP contribution in [0.5, 0.6) is 0 Å². The van der Waals surface area contributed by atoms with Gasteiger partial charge in [-0.15, -0.1) is 0 Å². The third kappa shape index (κ3) is 3.47. The predicted octanol–water partition coefficient (Wildman–Crippen LogP) is 1.58. The number of methoxy groups -OCH3 is 1. The van der Waals surface area contributed by atoms with E-state index >= 15 is 0 Å². The molecule has 0 atom stereocenters. The lowest BCUT2D eigenvalue weighted by atomic mass is 10.0. The third-order valence-electron chi connectivity index (χ3n) is 2.02. The molecule has 0 aliphatic carbocycles. The van der Waals surface area contributed by atoms with Gasteiger partial charge in [0.25, 0.3) is 0 Å². The maximum Gasteiger partial charge on any atom is 0.303 e. The van der Waals surface area contributed by atoms with Crippen LogP contribution >= 0.6 is 0 Å². The van der Waals surface area contributed by atoms with Crippen molar-refractivity contribution < 1.29 is 19.1 Å². The lowest BCUT2D eigenvalue weighted by Gasteiger charge is -2.07. The summed E-state index contributed by atoms with van der Waals surface area (Å²) < 4.78 is 9.65. The summed E-state index contributed by atoms with van der Waals surface area (Å²) in [6, 6.07) is 7.10. The van der Waals surface area contributed by atoms with Gasteiger partial charge in [-0.3, -0.25) is 9.59 Å². The normalized spacial score (nSPS) is 9.88. The minimum Gasteiger partial charge on any atom is -0.457 e. The Morgan fingerprint density at radius 3 is 2.56 bits per heavy atom. The number of carbonyl (C=O) groups is 2. The second kappa shape index (κ2) is 6.02. The standard InChI is InChI=1S/C12H14O4/c1-9(13)16-8-12(14)11-6-4-3-5-10(11)7-15-2/h3-6H,7-8H2,1-2H3. The number of hydrogen-bond donors (Lipinski definition) is 0. The van der Waals surface area contributed by atoms with Crippen molar-refractivity contribution in [2.75, 3.05) is 13.7 Å². The van der Waals surface area contributed by atoms with Gasteiger partial charge in [-0.25, -0.2) is 0 Å². The van der Waals surface area contributed by atoms with E-state index in [9.17, 15) is 9.59 Å². The molecule has 0 fully saturated rings. The summed E-state index contributed by atoms with van der Waals surface area (Å²) >= 11 is 0. The first-order chi connectivity index (χ1) is 7.65. The Hall–Kier alpha value is -1.68.